The number of aryl methyl sites for hydroxylation is 1. The van der Waals surface area contributed by atoms with E-state index in [4.69, 9.17) is 5.11 Å². The molecule has 1 aromatic rings. The molecule has 0 fully saturated rings. The van der Waals surface area contributed by atoms with Crippen LogP contribution in [0.1, 0.15) is 36.7 Å². The molecule has 0 radical (unpaired) electrons. The fourth-order valence-corrected chi connectivity index (χ4v) is 1.58. The lowest BCUT2D eigenvalue weighted by atomic mass is 10.1. The van der Waals surface area contributed by atoms with Crippen LogP contribution in [-0.4, -0.2) is 21.0 Å². The number of unbranched alkanes of at least 4 members (excludes halogenated alkanes) is 1. The van der Waals surface area contributed by atoms with Crippen molar-refractivity contribution >= 4 is 6.09 Å². The molecule has 4 heteroatoms. The van der Waals surface area contributed by atoms with Crippen LogP contribution >= 0.6 is 0 Å². The molecule has 0 unspecified atom stereocenters. The van der Waals surface area contributed by atoms with Gasteiger partial charge in [-0.05, 0) is 32.3 Å². The molecule has 0 aliphatic rings. The van der Waals surface area contributed by atoms with Crippen molar-refractivity contribution in [1.82, 2.24) is 9.78 Å². The first-order valence-corrected chi connectivity index (χ1v) is 4.86. The molecular formula is C10H16N2O2. The maximum atomic E-state index is 10.8. The van der Waals surface area contributed by atoms with E-state index in [2.05, 4.69) is 12.0 Å². The molecule has 4 nitrogen and oxygen atoms in total. The van der Waals surface area contributed by atoms with Gasteiger partial charge < -0.3 is 5.11 Å². The smallest absolute Gasteiger partial charge is 0.432 e. The Morgan fingerprint density at radius 3 is 2.57 bits per heavy atom. The predicted molar refractivity (Wildman–Crippen MR) is 53.7 cm³/mol. The van der Waals surface area contributed by atoms with Gasteiger partial charge >= 0.3 is 6.09 Å². The van der Waals surface area contributed by atoms with Gasteiger partial charge in [-0.25, -0.2) is 4.79 Å². The second-order valence-electron chi connectivity index (χ2n) is 3.45. The van der Waals surface area contributed by atoms with E-state index >= 15 is 0 Å². The standard InChI is InChI=1S/C10H16N2O2/c1-4-5-6-9-7(2)11-12(8(9)3)10(13)14/h4-6H2,1-3H3,(H,13,14). The summed E-state index contributed by atoms with van der Waals surface area (Å²) in [4.78, 5) is 10.8. The SMILES string of the molecule is CCCCc1c(C)nn(C(=O)O)c1C. The highest BCUT2D eigenvalue weighted by Gasteiger charge is 2.14. The van der Waals surface area contributed by atoms with E-state index in [1.54, 1.807) is 6.92 Å². The Morgan fingerprint density at radius 2 is 2.14 bits per heavy atom. The van der Waals surface area contributed by atoms with Gasteiger partial charge in [0.05, 0.1) is 11.4 Å². The van der Waals surface area contributed by atoms with Crippen molar-refractivity contribution in [1.29, 1.82) is 0 Å². The molecule has 0 saturated heterocycles. The predicted octanol–water partition coefficient (Wildman–Crippen LogP) is 2.37. The molecule has 1 aromatic heterocycles. The summed E-state index contributed by atoms with van der Waals surface area (Å²) in [6.45, 7) is 5.78. The van der Waals surface area contributed by atoms with Crippen LogP contribution in [0, 0.1) is 13.8 Å². The zero-order valence-electron chi connectivity index (χ0n) is 8.87. The minimum absolute atomic E-state index is 0.753. The molecule has 0 spiro atoms. The molecule has 0 aliphatic carbocycles. The van der Waals surface area contributed by atoms with E-state index in [-0.39, 0.29) is 0 Å². The molecule has 14 heavy (non-hydrogen) atoms. The van der Waals surface area contributed by atoms with Crippen molar-refractivity contribution in [3.05, 3.63) is 17.0 Å². The largest absolute Gasteiger partial charge is 0.463 e. The maximum absolute atomic E-state index is 10.8. The fraction of sp³-hybridized carbons (Fsp3) is 0.600. The maximum Gasteiger partial charge on any atom is 0.432 e. The van der Waals surface area contributed by atoms with Crippen LogP contribution in [0.25, 0.3) is 0 Å². The molecule has 0 saturated carbocycles. The van der Waals surface area contributed by atoms with Gasteiger partial charge in [-0.3, -0.25) is 0 Å². The summed E-state index contributed by atoms with van der Waals surface area (Å²) in [5.41, 5.74) is 2.66. The van der Waals surface area contributed by atoms with E-state index in [0.29, 0.717) is 0 Å². The second kappa shape index (κ2) is 4.26. The van der Waals surface area contributed by atoms with Gasteiger partial charge in [0.1, 0.15) is 0 Å². The number of carbonyl (C=O) groups is 1. The third kappa shape index (κ3) is 1.95. The summed E-state index contributed by atoms with van der Waals surface area (Å²) >= 11 is 0. The minimum Gasteiger partial charge on any atom is -0.463 e. The quantitative estimate of drug-likeness (QED) is 0.807. The highest BCUT2D eigenvalue weighted by Crippen LogP contribution is 2.15. The molecule has 1 heterocycles. The lowest BCUT2D eigenvalue weighted by Gasteiger charge is -1.99. The summed E-state index contributed by atoms with van der Waals surface area (Å²) in [6.07, 6.45) is 2.10. The first-order valence-electron chi connectivity index (χ1n) is 4.86. The van der Waals surface area contributed by atoms with Crippen LogP contribution in [0.4, 0.5) is 4.79 Å². The van der Waals surface area contributed by atoms with E-state index in [1.807, 2.05) is 6.92 Å². The number of nitrogens with zero attached hydrogens (tertiary/aromatic N) is 2. The highest BCUT2D eigenvalue weighted by atomic mass is 16.4. The first-order chi connectivity index (χ1) is 6.57. The van der Waals surface area contributed by atoms with Gasteiger partial charge in [-0.1, -0.05) is 13.3 Å². The lowest BCUT2D eigenvalue weighted by molar-refractivity contribution is 0.192. The van der Waals surface area contributed by atoms with Crippen molar-refractivity contribution in [2.24, 2.45) is 0 Å². The van der Waals surface area contributed by atoms with Crippen molar-refractivity contribution in [2.75, 3.05) is 0 Å². The Bertz CT molecular complexity index is 342. The molecule has 1 N–H and O–H groups in total. The number of rotatable bonds is 3. The van der Waals surface area contributed by atoms with Crippen molar-refractivity contribution in [2.45, 2.75) is 40.0 Å². The Labute approximate surface area is 83.5 Å². The molecule has 0 aliphatic heterocycles. The van der Waals surface area contributed by atoms with Gasteiger partial charge in [0, 0.05) is 0 Å². The Hall–Kier alpha value is -1.32. The lowest BCUT2D eigenvalue weighted by Crippen LogP contribution is -2.11. The van der Waals surface area contributed by atoms with E-state index in [1.165, 1.54) is 0 Å². The Kier molecular flexibility index (Phi) is 3.28. The number of aromatic nitrogens is 2. The zero-order valence-corrected chi connectivity index (χ0v) is 8.87. The fourth-order valence-electron chi connectivity index (χ4n) is 1.58. The summed E-state index contributed by atoms with van der Waals surface area (Å²) in [7, 11) is 0. The van der Waals surface area contributed by atoms with Gasteiger partial charge in [-0.2, -0.15) is 9.78 Å². The van der Waals surface area contributed by atoms with Crippen LogP contribution in [0.2, 0.25) is 0 Å². The van der Waals surface area contributed by atoms with Crippen LogP contribution in [-0.2, 0) is 6.42 Å². The zero-order chi connectivity index (χ0) is 10.7. The van der Waals surface area contributed by atoms with Crippen LogP contribution < -0.4 is 0 Å². The van der Waals surface area contributed by atoms with Crippen molar-refractivity contribution < 1.29 is 9.90 Å². The molecular weight excluding hydrogens is 180 g/mol. The summed E-state index contributed by atoms with van der Waals surface area (Å²) in [5, 5.41) is 12.8. The summed E-state index contributed by atoms with van der Waals surface area (Å²) < 4.78 is 1.06. The molecule has 0 atom stereocenters. The average molecular weight is 196 g/mol. The van der Waals surface area contributed by atoms with Gasteiger partial charge in [0.2, 0.25) is 0 Å². The Morgan fingerprint density at radius 1 is 1.50 bits per heavy atom. The van der Waals surface area contributed by atoms with Crippen LogP contribution in [0.5, 0.6) is 0 Å². The minimum atomic E-state index is -1.01. The summed E-state index contributed by atoms with van der Waals surface area (Å²) in [5.74, 6) is 0. The molecule has 0 aromatic carbocycles. The molecule has 0 bridgehead atoms. The number of carboxylic acid groups (broad SMARTS) is 1. The van der Waals surface area contributed by atoms with E-state index in [9.17, 15) is 4.79 Å². The Balaban J connectivity index is 2.99. The first kappa shape index (κ1) is 10.8. The summed E-state index contributed by atoms with van der Waals surface area (Å²) in [6, 6.07) is 0. The van der Waals surface area contributed by atoms with Crippen LogP contribution in [0.3, 0.4) is 0 Å². The third-order valence-electron chi connectivity index (χ3n) is 2.40. The molecule has 0 amide bonds. The van der Waals surface area contributed by atoms with E-state index in [0.717, 1.165) is 40.9 Å². The van der Waals surface area contributed by atoms with Gasteiger partial charge in [0.25, 0.3) is 0 Å². The number of hydrogen-bond donors (Lipinski definition) is 1. The van der Waals surface area contributed by atoms with Gasteiger partial charge in [-0.15, -0.1) is 0 Å². The van der Waals surface area contributed by atoms with Gasteiger partial charge in [0.15, 0.2) is 0 Å². The van der Waals surface area contributed by atoms with E-state index < -0.39 is 6.09 Å². The average Bonchev–Trinajstić information content (AvgIpc) is 2.40. The second-order valence-corrected chi connectivity index (χ2v) is 3.45. The third-order valence-corrected chi connectivity index (χ3v) is 2.40. The normalized spacial score (nSPS) is 10.5. The monoisotopic (exact) mass is 196 g/mol. The molecule has 78 valence electrons. The van der Waals surface area contributed by atoms with Crippen molar-refractivity contribution in [3.63, 3.8) is 0 Å². The molecule has 1 rings (SSSR count). The topological polar surface area (TPSA) is 55.1 Å². The number of hydrogen-bond acceptors (Lipinski definition) is 2. The van der Waals surface area contributed by atoms with Crippen LogP contribution in [0.15, 0.2) is 0 Å². The highest BCUT2D eigenvalue weighted by molar-refractivity contribution is 5.68. The van der Waals surface area contributed by atoms with Crippen molar-refractivity contribution in [3.8, 4) is 0 Å².